The highest BCUT2D eigenvalue weighted by atomic mass is 19.1. The second-order valence-electron chi connectivity index (χ2n) is 5.69. The Labute approximate surface area is 128 Å². The van der Waals surface area contributed by atoms with Crippen molar-refractivity contribution in [1.82, 2.24) is 9.80 Å². The van der Waals surface area contributed by atoms with Gasteiger partial charge in [0.2, 0.25) is 5.91 Å². The Morgan fingerprint density at radius 2 is 2.00 bits per heavy atom. The first-order valence-electron chi connectivity index (χ1n) is 7.62. The third-order valence-electron chi connectivity index (χ3n) is 4.21. The minimum Gasteiger partial charge on any atom is -0.449 e. The first-order valence-corrected chi connectivity index (χ1v) is 7.62. The Morgan fingerprint density at radius 1 is 1.23 bits per heavy atom. The SMILES string of the molecule is O=C1OCCCN1CC(=O)N1CCCC1c1ccc(F)cc1. The summed E-state index contributed by atoms with van der Waals surface area (Å²) < 4.78 is 18.0. The normalized spacial score (nSPS) is 21.9. The van der Waals surface area contributed by atoms with Crippen LogP contribution in [-0.4, -0.2) is 48.0 Å². The smallest absolute Gasteiger partial charge is 0.410 e. The van der Waals surface area contributed by atoms with Gasteiger partial charge in [0.05, 0.1) is 12.6 Å². The van der Waals surface area contributed by atoms with Crippen LogP contribution in [-0.2, 0) is 9.53 Å². The Bertz CT molecular complexity index is 561. The van der Waals surface area contributed by atoms with Gasteiger partial charge in [0.15, 0.2) is 0 Å². The summed E-state index contributed by atoms with van der Waals surface area (Å²) in [5, 5.41) is 0. The Hall–Kier alpha value is -2.11. The molecule has 2 saturated heterocycles. The van der Waals surface area contributed by atoms with Crippen molar-refractivity contribution in [2.24, 2.45) is 0 Å². The van der Waals surface area contributed by atoms with E-state index in [1.54, 1.807) is 17.0 Å². The number of carbonyl (C=O) groups excluding carboxylic acids is 2. The molecule has 2 amide bonds. The van der Waals surface area contributed by atoms with Crippen molar-refractivity contribution in [3.05, 3.63) is 35.6 Å². The van der Waals surface area contributed by atoms with Crippen molar-refractivity contribution in [1.29, 1.82) is 0 Å². The molecular weight excluding hydrogens is 287 g/mol. The van der Waals surface area contributed by atoms with Gasteiger partial charge in [-0.05, 0) is 37.0 Å². The first kappa shape index (κ1) is 14.8. The average molecular weight is 306 g/mol. The molecule has 1 atom stereocenters. The maximum atomic E-state index is 13.0. The number of hydrogen-bond acceptors (Lipinski definition) is 3. The summed E-state index contributed by atoms with van der Waals surface area (Å²) in [7, 11) is 0. The van der Waals surface area contributed by atoms with Gasteiger partial charge in [0.1, 0.15) is 12.4 Å². The fraction of sp³-hybridized carbons (Fsp3) is 0.500. The lowest BCUT2D eigenvalue weighted by atomic mass is 10.0. The molecule has 5 nitrogen and oxygen atoms in total. The largest absolute Gasteiger partial charge is 0.449 e. The predicted molar refractivity (Wildman–Crippen MR) is 77.6 cm³/mol. The van der Waals surface area contributed by atoms with Crippen molar-refractivity contribution in [2.75, 3.05) is 26.2 Å². The van der Waals surface area contributed by atoms with Crippen LogP contribution in [0.4, 0.5) is 9.18 Å². The average Bonchev–Trinajstić information content (AvgIpc) is 3.00. The maximum absolute atomic E-state index is 13.0. The summed E-state index contributed by atoms with van der Waals surface area (Å²) in [5.74, 6) is -0.360. The van der Waals surface area contributed by atoms with Crippen LogP contribution in [0.15, 0.2) is 24.3 Å². The van der Waals surface area contributed by atoms with E-state index in [0.717, 1.165) is 24.8 Å². The minimum absolute atomic E-state index is 0.0334. The number of amides is 2. The van der Waals surface area contributed by atoms with E-state index in [9.17, 15) is 14.0 Å². The predicted octanol–water partition coefficient (Wildman–Crippen LogP) is 2.33. The van der Waals surface area contributed by atoms with Crippen LogP contribution < -0.4 is 0 Å². The molecular formula is C16H19FN2O3. The molecule has 0 N–H and O–H groups in total. The minimum atomic E-state index is -0.419. The topological polar surface area (TPSA) is 49.9 Å². The molecule has 0 bridgehead atoms. The van der Waals surface area contributed by atoms with E-state index in [-0.39, 0.29) is 24.3 Å². The zero-order valence-corrected chi connectivity index (χ0v) is 12.3. The second-order valence-corrected chi connectivity index (χ2v) is 5.69. The van der Waals surface area contributed by atoms with Crippen molar-refractivity contribution >= 4 is 12.0 Å². The lowest BCUT2D eigenvalue weighted by molar-refractivity contribution is -0.133. The van der Waals surface area contributed by atoms with E-state index >= 15 is 0 Å². The molecule has 0 aliphatic carbocycles. The summed E-state index contributed by atoms with van der Waals surface area (Å²) in [6.45, 7) is 1.70. The molecule has 118 valence electrons. The number of likely N-dealkylation sites (tertiary alicyclic amines) is 1. The fourth-order valence-electron chi connectivity index (χ4n) is 3.09. The van der Waals surface area contributed by atoms with Crippen LogP contribution in [0.3, 0.4) is 0 Å². The molecule has 1 unspecified atom stereocenters. The van der Waals surface area contributed by atoms with E-state index in [1.807, 2.05) is 0 Å². The molecule has 0 saturated carbocycles. The second kappa shape index (κ2) is 6.34. The molecule has 2 fully saturated rings. The molecule has 0 spiro atoms. The number of ether oxygens (including phenoxy) is 1. The number of benzene rings is 1. The molecule has 1 aromatic carbocycles. The first-order chi connectivity index (χ1) is 10.6. The number of rotatable bonds is 3. The molecule has 0 radical (unpaired) electrons. The molecule has 22 heavy (non-hydrogen) atoms. The van der Waals surface area contributed by atoms with Crippen LogP contribution >= 0.6 is 0 Å². The van der Waals surface area contributed by atoms with E-state index in [0.29, 0.717) is 19.7 Å². The van der Waals surface area contributed by atoms with Gasteiger partial charge >= 0.3 is 6.09 Å². The van der Waals surface area contributed by atoms with Crippen molar-refractivity contribution in [3.8, 4) is 0 Å². The standard InChI is InChI=1S/C16H19FN2O3/c17-13-6-4-12(5-7-13)14-3-1-9-19(14)15(20)11-18-8-2-10-22-16(18)21/h4-7,14H,1-3,8-11H2. The summed E-state index contributed by atoms with van der Waals surface area (Å²) >= 11 is 0. The van der Waals surface area contributed by atoms with Crippen LogP contribution in [0.2, 0.25) is 0 Å². The van der Waals surface area contributed by atoms with Gasteiger partial charge in [-0.2, -0.15) is 0 Å². The molecule has 0 aromatic heterocycles. The number of carbonyl (C=O) groups is 2. The lowest BCUT2D eigenvalue weighted by Gasteiger charge is -2.30. The number of cyclic esters (lactones) is 1. The third kappa shape index (κ3) is 3.05. The van der Waals surface area contributed by atoms with Crippen molar-refractivity contribution in [2.45, 2.75) is 25.3 Å². The summed E-state index contributed by atoms with van der Waals surface area (Å²) in [5.41, 5.74) is 0.938. The quantitative estimate of drug-likeness (QED) is 0.861. The number of hydrogen-bond donors (Lipinski definition) is 0. The van der Waals surface area contributed by atoms with Gasteiger partial charge in [0, 0.05) is 13.1 Å². The monoisotopic (exact) mass is 306 g/mol. The van der Waals surface area contributed by atoms with Gasteiger partial charge in [-0.15, -0.1) is 0 Å². The summed E-state index contributed by atoms with van der Waals surface area (Å²) in [4.78, 5) is 27.4. The zero-order chi connectivity index (χ0) is 15.5. The maximum Gasteiger partial charge on any atom is 0.410 e. The highest BCUT2D eigenvalue weighted by molar-refractivity contribution is 5.83. The molecule has 2 heterocycles. The van der Waals surface area contributed by atoms with Crippen LogP contribution in [0.5, 0.6) is 0 Å². The van der Waals surface area contributed by atoms with Crippen LogP contribution in [0, 0.1) is 5.82 Å². The highest BCUT2D eigenvalue weighted by Gasteiger charge is 2.32. The Balaban J connectivity index is 1.68. The molecule has 1 aromatic rings. The summed E-state index contributed by atoms with van der Waals surface area (Å²) in [6, 6.07) is 6.24. The lowest BCUT2D eigenvalue weighted by Crippen LogP contribution is -2.45. The zero-order valence-electron chi connectivity index (χ0n) is 12.3. The molecule has 6 heteroatoms. The Morgan fingerprint density at radius 3 is 2.73 bits per heavy atom. The van der Waals surface area contributed by atoms with Gasteiger partial charge in [0.25, 0.3) is 0 Å². The number of nitrogens with zero attached hydrogens (tertiary/aromatic N) is 2. The highest BCUT2D eigenvalue weighted by Crippen LogP contribution is 2.32. The van der Waals surface area contributed by atoms with E-state index in [2.05, 4.69) is 0 Å². The van der Waals surface area contributed by atoms with Crippen LogP contribution in [0.25, 0.3) is 0 Å². The van der Waals surface area contributed by atoms with Crippen molar-refractivity contribution in [3.63, 3.8) is 0 Å². The number of halogens is 1. The molecule has 2 aliphatic heterocycles. The summed E-state index contributed by atoms with van der Waals surface area (Å²) in [6.07, 6.45) is 2.11. The third-order valence-corrected chi connectivity index (χ3v) is 4.21. The van der Waals surface area contributed by atoms with Crippen LogP contribution in [0.1, 0.15) is 30.9 Å². The molecule has 3 rings (SSSR count). The van der Waals surface area contributed by atoms with E-state index < -0.39 is 6.09 Å². The van der Waals surface area contributed by atoms with E-state index in [4.69, 9.17) is 4.74 Å². The molecule has 2 aliphatic rings. The van der Waals surface area contributed by atoms with Gasteiger partial charge in [-0.25, -0.2) is 9.18 Å². The van der Waals surface area contributed by atoms with E-state index in [1.165, 1.54) is 17.0 Å². The van der Waals surface area contributed by atoms with Crippen molar-refractivity contribution < 1.29 is 18.7 Å². The van der Waals surface area contributed by atoms with Gasteiger partial charge in [-0.1, -0.05) is 12.1 Å². The fourth-order valence-corrected chi connectivity index (χ4v) is 3.09. The van der Waals surface area contributed by atoms with Gasteiger partial charge in [-0.3, -0.25) is 9.69 Å². The Kier molecular flexibility index (Phi) is 4.27. The van der Waals surface area contributed by atoms with Gasteiger partial charge < -0.3 is 9.64 Å².